The van der Waals surface area contributed by atoms with Crippen LogP contribution in [0.5, 0.6) is 0 Å². The van der Waals surface area contributed by atoms with Crippen LogP contribution in [0.15, 0.2) is 0 Å². The number of rotatable bonds is 1. The van der Waals surface area contributed by atoms with E-state index in [0.717, 1.165) is 0 Å². The molecule has 1 aromatic heterocycles. The van der Waals surface area contributed by atoms with Gasteiger partial charge in [-0.1, -0.05) is 0 Å². The summed E-state index contributed by atoms with van der Waals surface area (Å²) < 4.78 is 49.2. The summed E-state index contributed by atoms with van der Waals surface area (Å²) in [5.41, 5.74) is -1.49. The van der Waals surface area contributed by atoms with E-state index >= 15 is 0 Å². The van der Waals surface area contributed by atoms with E-state index in [1.165, 1.54) is 0 Å². The quantitative estimate of drug-likeness (QED) is 0.543. The summed E-state index contributed by atoms with van der Waals surface area (Å²) in [7, 11) is 0. The second-order valence-electron chi connectivity index (χ2n) is 2.00. The van der Waals surface area contributed by atoms with Gasteiger partial charge in [0.15, 0.2) is 11.5 Å². The van der Waals surface area contributed by atoms with Crippen molar-refractivity contribution >= 4 is 5.97 Å². The SMILES string of the molecule is O=C(O)c1nc(F)c(F)c(F)c1F. The lowest BCUT2D eigenvalue weighted by Crippen LogP contribution is -2.11. The van der Waals surface area contributed by atoms with Crippen molar-refractivity contribution in [2.45, 2.75) is 0 Å². The molecule has 1 heterocycles. The van der Waals surface area contributed by atoms with Gasteiger partial charge in [-0.3, -0.25) is 0 Å². The lowest BCUT2D eigenvalue weighted by Gasteiger charge is -1.99. The Morgan fingerprint density at radius 3 is 2.08 bits per heavy atom. The second-order valence-corrected chi connectivity index (χ2v) is 2.00. The van der Waals surface area contributed by atoms with Gasteiger partial charge in [-0.25, -0.2) is 18.6 Å². The van der Waals surface area contributed by atoms with Gasteiger partial charge in [0.1, 0.15) is 0 Å². The van der Waals surface area contributed by atoms with E-state index in [2.05, 4.69) is 4.98 Å². The molecule has 7 heteroatoms. The molecule has 0 unspecified atom stereocenters. The van der Waals surface area contributed by atoms with Crippen molar-refractivity contribution in [1.82, 2.24) is 4.98 Å². The van der Waals surface area contributed by atoms with E-state index in [1.54, 1.807) is 0 Å². The normalized spacial score (nSPS) is 10.2. The molecular formula is C6HF4NO2. The monoisotopic (exact) mass is 195 g/mol. The minimum atomic E-state index is -2.19. The minimum absolute atomic E-state index is 1.49. The van der Waals surface area contributed by atoms with Crippen LogP contribution in [0.25, 0.3) is 0 Å². The highest BCUT2D eigenvalue weighted by atomic mass is 19.2. The van der Waals surface area contributed by atoms with E-state index in [-0.39, 0.29) is 0 Å². The van der Waals surface area contributed by atoms with Gasteiger partial charge in [-0.2, -0.15) is 8.78 Å². The molecule has 0 radical (unpaired) electrons. The smallest absolute Gasteiger partial charge is 0.357 e. The molecule has 0 fully saturated rings. The maximum Gasteiger partial charge on any atom is 0.357 e. The van der Waals surface area contributed by atoms with Crippen LogP contribution < -0.4 is 0 Å². The Hall–Kier alpha value is -1.66. The van der Waals surface area contributed by atoms with Crippen molar-refractivity contribution in [3.63, 3.8) is 0 Å². The zero-order chi connectivity index (χ0) is 10.2. The number of hydrogen-bond acceptors (Lipinski definition) is 2. The third-order valence-corrected chi connectivity index (χ3v) is 1.19. The van der Waals surface area contributed by atoms with Crippen LogP contribution in [-0.4, -0.2) is 16.1 Å². The predicted molar refractivity (Wildman–Crippen MR) is 31.0 cm³/mol. The van der Waals surface area contributed by atoms with Gasteiger partial charge >= 0.3 is 5.97 Å². The third kappa shape index (κ3) is 1.44. The van der Waals surface area contributed by atoms with Gasteiger partial charge in [0.05, 0.1) is 0 Å². The molecule has 0 aliphatic carbocycles. The maximum atomic E-state index is 12.5. The number of pyridine rings is 1. The summed E-state index contributed by atoms with van der Waals surface area (Å²) in [6, 6.07) is 0. The molecule has 1 aromatic rings. The fourth-order valence-corrected chi connectivity index (χ4v) is 0.629. The Labute approximate surface area is 68.6 Å². The molecule has 0 aliphatic rings. The zero-order valence-electron chi connectivity index (χ0n) is 5.81. The summed E-state index contributed by atoms with van der Waals surface area (Å²) >= 11 is 0. The summed E-state index contributed by atoms with van der Waals surface area (Å²) in [6.07, 6.45) is 0. The van der Waals surface area contributed by atoms with Gasteiger partial charge in [-0.15, -0.1) is 0 Å². The molecule has 0 spiro atoms. The molecule has 0 saturated carbocycles. The van der Waals surface area contributed by atoms with Crippen LogP contribution in [-0.2, 0) is 0 Å². The fourth-order valence-electron chi connectivity index (χ4n) is 0.629. The Kier molecular flexibility index (Phi) is 2.18. The molecular weight excluding hydrogens is 194 g/mol. The van der Waals surface area contributed by atoms with Gasteiger partial charge in [0.2, 0.25) is 11.6 Å². The average Bonchev–Trinajstić information content (AvgIpc) is 2.07. The van der Waals surface area contributed by atoms with E-state index in [4.69, 9.17) is 5.11 Å². The maximum absolute atomic E-state index is 12.5. The van der Waals surface area contributed by atoms with Gasteiger partial charge < -0.3 is 5.11 Å². The molecule has 0 bridgehead atoms. The summed E-state index contributed by atoms with van der Waals surface area (Å²) in [6.45, 7) is 0. The van der Waals surface area contributed by atoms with Crippen LogP contribution in [0, 0.1) is 23.4 Å². The molecule has 0 saturated heterocycles. The molecule has 1 rings (SSSR count). The van der Waals surface area contributed by atoms with Crippen molar-refractivity contribution in [2.75, 3.05) is 0 Å². The largest absolute Gasteiger partial charge is 0.476 e. The van der Waals surface area contributed by atoms with Crippen LogP contribution >= 0.6 is 0 Å². The summed E-state index contributed by atoms with van der Waals surface area (Å²) in [4.78, 5) is 12.5. The molecule has 1 N–H and O–H groups in total. The average molecular weight is 195 g/mol. The van der Waals surface area contributed by atoms with E-state index in [1.807, 2.05) is 0 Å². The van der Waals surface area contributed by atoms with E-state index in [0.29, 0.717) is 0 Å². The number of carboxylic acids is 1. The van der Waals surface area contributed by atoms with Crippen molar-refractivity contribution in [3.05, 3.63) is 29.1 Å². The summed E-state index contributed by atoms with van der Waals surface area (Å²) in [5.74, 6) is -10.3. The number of aromatic nitrogens is 1. The first-order valence-corrected chi connectivity index (χ1v) is 2.88. The number of aromatic carboxylic acids is 1. The van der Waals surface area contributed by atoms with Crippen molar-refractivity contribution < 1.29 is 27.5 Å². The molecule has 0 atom stereocenters. The first kappa shape index (κ1) is 9.43. The molecule has 13 heavy (non-hydrogen) atoms. The Morgan fingerprint density at radius 2 is 1.62 bits per heavy atom. The number of nitrogens with zero attached hydrogens (tertiary/aromatic N) is 1. The van der Waals surface area contributed by atoms with Crippen LogP contribution in [0.2, 0.25) is 0 Å². The Morgan fingerprint density at radius 1 is 1.08 bits per heavy atom. The number of halogens is 4. The lowest BCUT2D eigenvalue weighted by molar-refractivity contribution is 0.0681. The Bertz CT molecular complexity index is 379. The highest BCUT2D eigenvalue weighted by Gasteiger charge is 2.24. The minimum Gasteiger partial charge on any atom is -0.476 e. The highest BCUT2D eigenvalue weighted by molar-refractivity contribution is 5.85. The molecule has 0 aliphatic heterocycles. The number of carbonyl (C=O) groups is 1. The van der Waals surface area contributed by atoms with Crippen LogP contribution in [0.3, 0.4) is 0 Å². The number of carboxylic acid groups (broad SMARTS) is 1. The topological polar surface area (TPSA) is 50.2 Å². The lowest BCUT2D eigenvalue weighted by atomic mass is 10.3. The van der Waals surface area contributed by atoms with Crippen molar-refractivity contribution in [3.8, 4) is 0 Å². The number of hydrogen-bond donors (Lipinski definition) is 1. The zero-order valence-corrected chi connectivity index (χ0v) is 5.81. The third-order valence-electron chi connectivity index (χ3n) is 1.19. The summed E-state index contributed by atoms with van der Waals surface area (Å²) in [5, 5.41) is 8.15. The first-order chi connectivity index (χ1) is 5.95. The molecule has 0 aromatic carbocycles. The molecule has 70 valence electrons. The van der Waals surface area contributed by atoms with Crippen molar-refractivity contribution in [2.24, 2.45) is 0 Å². The predicted octanol–water partition coefficient (Wildman–Crippen LogP) is 1.34. The molecule has 0 amide bonds. The second kappa shape index (κ2) is 3.00. The van der Waals surface area contributed by atoms with Crippen LogP contribution in [0.4, 0.5) is 17.6 Å². The Balaban J connectivity index is 3.50. The first-order valence-electron chi connectivity index (χ1n) is 2.88. The van der Waals surface area contributed by atoms with Gasteiger partial charge in [0.25, 0.3) is 5.95 Å². The van der Waals surface area contributed by atoms with Crippen molar-refractivity contribution in [1.29, 1.82) is 0 Å². The highest BCUT2D eigenvalue weighted by Crippen LogP contribution is 2.15. The van der Waals surface area contributed by atoms with Gasteiger partial charge in [0, 0.05) is 0 Å². The van der Waals surface area contributed by atoms with Gasteiger partial charge in [-0.05, 0) is 0 Å². The molecule has 3 nitrogen and oxygen atoms in total. The fraction of sp³-hybridized carbons (Fsp3) is 0. The van der Waals surface area contributed by atoms with Crippen LogP contribution in [0.1, 0.15) is 10.5 Å². The standard InChI is InChI=1S/C6HF4NO2/c7-1-2(8)4(6(12)13)11-5(10)3(1)9/h(H,12,13). The van der Waals surface area contributed by atoms with E-state index in [9.17, 15) is 22.4 Å². The van der Waals surface area contributed by atoms with E-state index < -0.39 is 35.1 Å².